The van der Waals surface area contributed by atoms with Crippen molar-refractivity contribution in [3.05, 3.63) is 22.4 Å². The molecule has 0 aromatic carbocycles. The summed E-state index contributed by atoms with van der Waals surface area (Å²) in [7, 11) is 2.06. The summed E-state index contributed by atoms with van der Waals surface area (Å²) >= 11 is 1.90. The number of hydrogen-bond donors (Lipinski definition) is 1. The second kappa shape index (κ2) is 3.81. The number of rotatable bonds is 4. The van der Waals surface area contributed by atoms with E-state index in [-0.39, 0.29) is 0 Å². The molecule has 2 rings (SSSR count). The normalized spacial score (nSPS) is 19.8. The van der Waals surface area contributed by atoms with Gasteiger partial charge in [0.15, 0.2) is 0 Å². The Labute approximate surface area is 84.2 Å². The summed E-state index contributed by atoms with van der Waals surface area (Å²) in [5.74, 6) is 0. The molecule has 1 aromatic rings. The van der Waals surface area contributed by atoms with E-state index in [1.165, 1.54) is 32.2 Å². The molecule has 0 atom stereocenters. The van der Waals surface area contributed by atoms with Gasteiger partial charge in [-0.05, 0) is 43.2 Å². The van der Waals surface area contributed by atoms with Gasteiger partial charge >= 0.3 is 0 Å². The van der Waals surface area contributed by atoms with Crippen LogP contribution in [0.3, 0.4) is 0 Å². The predicted molar refractivity (Wildman–Crippen MR) is 58.2 cm³/mol. The van der Waals surface area contributed by atoms with Gasteiger partial charge < -0.3 is 5.32 Å². The van der Waals surface area contributed by atoms with Gasteiger partial charge in [-0.3, -0.25) is 0 Å². The molecule has 1 aromatic heterocycles. The van der Waals surface area contributed by atoms with E-state index >= 15 is 0 Å². The Balaban J connectivity index is 1.98. The monoisotopic (exact) mass is 195 g/mol. The Morgan fingerprint density at radius 3 is 2.85 bits per heavy atom. The molecule has 1 saturated carbocycles. The van der Waals surface area contributed by atoms with Crippen molar-refractivity contribution in [1.82, 2.24) is 5.32 Å². The first-order valence-corrected chi connectivity index (χ1v) is 5.90. The van der Waals surface area contributed by atoms with Crippen LogP contribution in [0.1, 0.15) is 24.1 Å². The summed E-state index contributed by atoms with van der Waals surface area (Å²) in [6.45, 7) is 1.19. The molecule has 0 saturated heterocycles. The average molecular weight is 195 g/mol. The maximum absolute atomic E-state index is 3.33. The molecular weight excluding hydrogens is 178 g/mol. The maximum Gasteiger partial charge on any atom is 0.00512 e. The fourth-order valence-corrected chi connectivity index (χ4v) is 3.13. The summed E-state index contributed by atoms with van der Waals surface area (Å²) in [6, 6.07) is 4.42. The van der Waals surface area contributed by atoms with Gasteiger partial charge in [-0.2, -0.15) is 0 Å². The molecule has 1 heterocycles. The third kappa shape index (κ3) is 1.94. The minimum Gasteiger partial charge on any atom is -0.319 e. The quantitative estimate of drug-likeness (QED) is 0.779. The predicted octanol–water partition coefficient (Wildman–Crippen LogP) is 2.68. The molecule has 1 aliphatic carbocycles. The average Bonchev–Trinajstić information content (AvgIpc) is 2.53. The zero-order valence-corrected chi connectivity index (χ0v) is 8.99. The summed E-state index contributed by atoms with van der Waals surface area (Å²) in [5, 5.41) is 5.51. The molecule has 1 N–H and O–H groups in total. The molecule has 0 spiro atoms. The highest BCUT2D eigenvalue weighted by Gasteiger charge is 2.36. The molecule has 0 amide bonds. The van der Waals surface area contributed by atoms with Crippen LogP contribution in [-0.4, -0.2) is 13.6 Å². The Kier molecular flexibility index (Phi) is 2.70. The highest BCUT2D eigenvalue weighted by molar-refractivity contribution is 7.09. The van der Waals surface area contributed by atoms with E-state index in [1.807, 2.05) is 11.3 Å². The molecule has 0 radical (unpaired) electrons. The van der Waals surface area contributed by atoms with E-state index in [9.17, 15) is 0 Å². The molecular formula is C11H17NS. The fraction of sp³-hybridized carbons (Fsp3) is 0.636. The van der Waals surface area contributed by atoms with Gasteiger partial charge in [0.05, 0.1) is 0 Å². The van der Waals surface area contributed by atoms with Crippen LogP contribution in [0.2, 0.25) is 0 Å². The van der Waals surface area contributed by atoms with Crippen molar-refractivity contribution < 1.29 is 0 Å². The van der Waals surface area contributed by atoms with Crippen molar-refractivity contribution in [2.45, 2.75) is 25.7 Å². The van der Waals surface area contributed by atoms with Crippen LogP contribution < -0.4 is 5.32 Å². The lowest BCUT2D eigenvalue weighted by atomic mass is 9.66. The summed E-state index contributed by atoms with van der Waals surface area (Å²) < 4.78 is 0. The molecule has 0 unspecified atom stereocenters. The molecule has 1 aliphatic rings. The van der Waals surface area contributed by atoms with Crippen LogP contribution in [0.5, 0.6) is 0 Å². The Bertz CT molecular complexity index is 249. The smallest absolute Gasteiger partial charge is 0.00512 e. The van der Waals surface area contributed by atoms with Gasteiger partial charge in [-0.25, -0.2) is 0 Å². The number of hydrogen-bond acceptors (Lipinski definition) is 2. The fourth-order valence-electron chi connectivity index (χ4n) is 2.25. The van der Waals surface area contributed by atoms with E-state index in [2.05, 4.69) is 29.9 Å². The molecule has 13 heavy (non-hydrogen) atoms. The summed E-state index contributed by atoms with van der Waals surface area (Å²) in [4.78, 5) is 1.55. The SMILES string of the molecule is CNCC1(Cc2cccs2)CCC1. The van der Waals surface area contributed by atoms with Gasteiger partial charge in [-0.1, -0.05) is 12.5 Å². The lowest BCUT2D eigenvalue weighted by Gasteiger charge is -2.41. The Morgan fingerprint density at radius 2 is 2.38 bits per heavy atom. The largest absolute Gasteiger partial charge is 0.319 e. The molecule has 1 nitrogen and oxygen atoms in total. The number of nitrogens with one attached hydrogen (secondary N) is 1. The molecule has 72 valence electrons. The van der Waals surface area contributed by atoms with E-state index in [0.717, 1.165) is 0 Å². The van der Waals surface area contributed by atoms with Crippen LogP contribution in [0.4, 0.5) is 0 Å². The third-order valence-corrected chi connectivity index (χ3v) is 3.97. The van der Waals surface area contributed by atoms with Gasteiger partial charge in [0.25, 0.3) is 0 Å². The lowest BCUT2D eigenvalue weighted by Crippen LogP contribution is -2.40. The first-order chi connectivity index (χ1) is 6.35. The van der Waals surface area contributed by atoms with Crippen molar-refractivity contribution >= 4 is 11.3 Å². The van der Waals surface area contributed by atoms with Crippen molar-refractivity contribution in [1.29, 1.82) is 0 Å². The van der Waals surface area contributed by atoms with Crippen LogP contribution in [0.15, 0.2) is 17.5 Å². The lowest BCUT2D eigenvalue weighted by molar-refractivity contribution is 0.135. The van der Waals surface area contributed by atoms with Gasteiger partial charge in [0.2, 0.25) is 0 Å². The highest BCUT2D eigenvalue weighted by atomic mass is 32.1. The van der Waals surface area contributed by atoms with Crippen molar-refractivity contribution in [2.75, 3.05) is 13.6 Å². The van der Waals surface area contributed by atoms with Crippen molar-refractivity contribution in [3.63, 3.8) is 0 Å². The minimum absolute atomic E-state index is 0.597. The second-order valence-corrected chi connectivity index (χ2v) is 5.17. The van der Waals surface area contributed by atoms with E-state index in [0.29, 0.717) is 5.41 Å². The van der Waals surface area contributed by atoms with Crippen LogP contribution in [0.25, 0.3) is 0 Å². The Morgan fingerprint density at radius 1 is 1.54 bits per heavy atom. The third-order valence-electron chi connectivity index (χ3n) is 3.10. The zero-order chi connectivity index (χ0) is 9.15. The topological polar surface area (TPSA) is 12.0 Å². The zero-order valence-electron chi connectivity index (χ0n) is 8.18. The second-order valence-electron chi connectivity index (χ2n) is 4.14. The minimum atomic E-state index is 0.597. The molecule has 0 bridgehead atoms. The maximum atomic E-state index is 3.33. The number of thiophene rings is 1. The van der Waals surface area contributed by atoms with Crippen LogP contribution >= 0.6 is 11.3 Å². The molecule has 1 fully saturated rings. The van der Waals surface area contributed by atoms with Crippen molar-refractivity contribution in [3.8, 4) is 0 Å². The Hall–Kier alpha value is -0.340. The molecule has 0 aliphatic heterocycles. The highest BCUT2D eigenvalue weighted by Crippen LogP contribution is 2.43. The van der Waals surface area contributed by atoms with Gasteiger partial charge in [0.1, 0.15) is 0 Å². The van der Waals surface area contributed by atoms with E-state index in [4.69, 9.17) is 0 Å². The van der Waals surface area contributed by atoms with Crippen molar-refractivity contribution in [2.24, 2.45) is 5.41 Å². The summed E-state index contributed by atoms with van der Waals surface area (Å²) in [6.07, 6.45) is 5.52. The van der Waals surface area contributed by atoms with Gasteiger partial charge in [-0.15, -0.1) is 11.3 Å². The van der Waals surface area contributed by atoms with Gasteiger partial charge in [0, 0.05) is 11.4 Å². The first-order valence-electron chi connectivity index (χ1n) is 5.02. The molecule has 2 heteroatoms. The van der Waals surface area contributed by atoms with Crippen LogP contribution in [0, 0.1) is 5.41 Å². The summed E-state index contributed by atoms with van der Waals surface area (Å²) in [5.41, 5.74) is 0.597. The van der Waals surface area contributed by atoms with Crippen LogP contribution in [-0.2, 0) is 6.42 Å². The van der Waals surface area contributed by atoms with E-state index < -0.39 is 0 Å². The van der Waals surface area contributed by atoms with E-state index in [1.54, 1.807) is 4.88 Å². The first kappa shape index (κ1) is 9.22. The standard InChI is InChI=1S/C11H17NS/c1-12-9-11(5-3-6-11)8-10-4-2-7-13-10/h2,4,7,12H,3,5-6,8-9H2,1H3.